The first kappa shape index (κ1) is 23.2. The first-order valence-electron chi connectivity index (χ1n) is 9.57. The average molecular weight is 475 g/mol. The van der Waals surface area contributed by atoms with Gasteiger partial charge in [-0.1, -0.05) is 35.4 Å². The highest BCUT2D eigenvalue weighted by Gasteiger charge is 2.16. The molecule has 0 aromatic heterocycles. The summed E-state index contributed by atoms with van der Waals surface area (Å²) < 4.78 is 27.6. The van der Waals surface area contributed by atoms with Crippen LogP contribution in [0.5, 0.6) is 0 Å². The fourth-order valence-electron chi connectivity index (χ4n) is 2.71. The summed E-state index contributed by atoms with van der Waals surface area (Å²) in [5.74, 6) is -0.144. The van der Waals surface area contributed by atoms with Gasteiger partial charge >= 0.3 is 0 Å². The largest absolute Gasteiger partial charge is 0.325 e. The second-order valence-corrected chi connectivity index (χ2v) is 10.7. The van der Waals surface area contributed by atoms with Crippen molar-refractivity contribution in [3.8, 4) is 0 Å². The highest BCUT2D eigenvalue weighted by Crippen LogP contribution is 2.27. The molecule has 0 saturated carbocycles. The number of thioether (sulfide) groups is 1. The molecule has 0 aliphatic rings. The molecule has 1 amide bonds. The number of sulfonamides is 1. The Balaban J connectivity index is 1.61. The summed E-state index contributed by atoms with van der Waals surface area (Å²) in [6.07, 6.45) is 0. The number of hydrogen-bond donors (Lipinski definition) is 2. The van der Waals surface area contributed by atoms with Crippen LogP contribution in [0.4, 0.5) is 11.4 Å². The van der Waals surface area contributed by atoms with Crippen LogP contribution in [-0.2, 0) is 14.8 Å². The maximum Gasteiger partial charge on any atom is 0.261 e. The van der Waals surface area contributed by atoms with Crippen LogP contribution < -0.4 is 10.0 Å². The average Bonchev–Trinajstić information content (AvgIpc) is 2.72. The highest BCUT2D eigenvalue weighted by molar-refractivity contribution is 8.00. The van der Waals surface area contributed by atoms with E-state index < -0.39 is 10.0 Å². The smallest absolute Gasteiger partial charge is 0.261 e. The van der Waals surface area contributed by atoms with Crippen LogP contribution in [0.25, 0.3) is 0 Å². The number of rotatable bonds is 7. The van der Waals surface area contributed by atoms with Crippen molar-refractivity contribution in [3.05, 3.63) is 82.9 Å². The second-order valence-electron chi connectivity index (χ2n) is 7.16. The van der Waals surface area contributed by atoms with E-state index in [1.165, 1.54) is 11.8 Å². The zero-order chi connectivity index (χ0) is 22.6. The van der Waals surface area contributed by atoms with Crippen molar-refractivity contribution in [1.29, 1.82) is 0 Å². The SMILES string of the molecule is Cc1ccc(S(=O)(=O)Nc2ccc(SC(C)C(=O)Nc3ccc(C)c(Cl)c3)cc2)cc1. The van der Waals surface area contributed by atoms with Crippen LogP contribution in [0.1, 0.15) is 18.1 Å². The fraction of sp³-hybridized carbons (Fsp3) is 0.174. The van der Waals surface area contributed by atoms with E-state index >= 15 is 0 Å². The number of carbonyl (C=O) groups is 1. The molecule has 0 aliphatic carbocycles. The minimum atomic E-state index is -3.65. The number of benzene rings is 3. The molecule has 1 atom stereocenters. The molecule has 31 heavy (non-hydrogen) atoms. The lowest BCUT2D eigenvalue weighted by Gasteiger charge is -2.13. The number of hydrogen-bond acceptors (Lipinski definition) is 4. The Morgan fingerprint density at radius 3 is 2.16 bits per heavy atom. The summed E-state index contributed by atoms with van der Waals surface area (Å²) in [6.45, 7) is 5.61. The van der Waals surface area contributed by atoms with Gasteiger partial charge in [-0.2, -0.15) is 0 Å². The molecule has 0 bridgehead atoms. The molecule has 0 heterocycles. The lowest BCUT2D eigenvalue weighted by molar-refractivity contribution is -0.115. The van der Waals surface area contributed by atoms with Crippen LogP contribution in [0.15, 0.2) is 76.5 Å². The van der Waals surface area contributed by atoms with Gasteiger partial charge in [0.1, 0.15) is 0 Å². The minimum absolute atomic E-state index is 0.144. The topological polar surface area (TPSA) is 75.3 Å². The van der Waals surface area contributed by atoms with Crippen molar-refractivity contribution in [2.24, 2.45) is 0 Å². The van der Waals surface area contributed by atoms with Gasteiger partial charge in [0.2, 0.25) is 5.91 Å². The maximum atomic E-state index is 12.5. The quantitative estimate of drug-likeness (QED) is 0.419. The van der Waals surface area contributed by atoms with Crippen molar-refractivity contribution in [2.45, 2.75) is 35.8 Å². The Morgan fingerprint density at radius 1 is 0.935 bits per heavy atom. The molecular weight excluding hydrogens is 452 g/mol. The van der Waals surface area contributed by atoms with Gasteiger partial charge in [0.05, 0.1) is 10.1 Å². The van der Waals surface area contributed by atoms with E-state index in [1.807, 2.05) is 32.9 Å². The molecule has 0 radical (unpaired) electrons. The lowest BCUT2D eigenvalue weighted by atomic mass is 10.2. The third-order valence-electron chi connectivity index (χ3n) is 4.56. The van der Waals surface area contributed by atoms with Crippen molar-refractivity contribution in [2.75, 3.05) is 10.0 Å². The van der Waals surface area contributed by atoms with Gasteiger partial charge in [-0.25, -0.2) is 8.42 Å². The van der Waals surface area contributed by atoms with Crippen molar-refractivity contribution in [1.82, 2.24) is 0 Å². The Labute approximate surface area is 192 Å². The van der Waals surface area contributed by atoms with Crippen LogP contribution in [0.2, 0.25) is 5.02 Å². The monoisotopic (exact) mass is 474 g/mol. The molecule has 0 saturated heterocycles. The molecule has 5 nitrogen and oxygen atoms in total. The molecule has 8 heteroatoms. The molecule has 1 unspecified atom stereocenters. The number of aryl methyl sites for hydroxylation is 2. The Morgan fingerprint density at radius 2 is 1.55 bits per heavy atom. The molecule has 0 aliphatic heterocycles. The number of halogens is 1. The normalized spacial score (nSPS) is 12.3. The van der Waals surface area contributed by atoms with Gasteiger partial charge in [0.25, 0.3) is 10.0 Å². The molecule has 3 aromatic carbocycles. The summed E-state index contributed by atoms with van der Waals surface area (Å²) >= 11 is 7.49. The van der Waals surface area contributed by atoms with Gasteiger partial charge in [0, 0.05) is 21.3 Å². The van der Waals surface area contributed by atoms with Gasteiger partial charge in [-0.3, -0.25) is 9.52 Å². The second kappa shape index (κ2) is 9.77. The maximum absolute atomic E-state index is 12.5. The van der Waals surface area contributed by atoms with E-state index in [2.05, 4.69) is 10.0 Å². The Bertz CT molecular complexity index is 1180. The zero-order valence-electron chi connectivity index (χ0n) is 17.3. The Kier molecular flexibility index (Phi) is 7.30. The lowest BCUT2D eigenvalue weighted by Crippen LogP contribution is -2.22. The van der Waals surface area contributed by atoms with E-state index in [0.717, 1.165) is 16.0 Å². The van der Waals surface area contributed by atoms with Crippen molar-refractivity contribution < 1.29 is 13.2 Å². The molecule has 3 rings (SSSR count). The standard InChI is InChI=1S/C23H23ClN2O3S2/c1-15-4-12-21(13-5-15)31(28,29)26-18-8-10-20(11-9-18)30-17(3)23(27)25-19-7-6-16(2)22(24)14-19/h4-14,17,26H,1-3H3,(H,25,27). The summed E-state index contributed by atoms with van der Waals surface area (Å²) in [7, 11) is -3.65. The van der Waals surface area contributed by atoms with Crippen molar-refractivity contribution >= 4 is 50.7 Å². The number of amides is 1. The number of carbonyl (C=O) groups excluding carboxylic acids is 1. The van der Waals surface area contributed by atoms with E-state index in [1.54, 1.807) is 54.6 Å². The summed E-state index contributed by atoms with van der Waals surface area (Å²) in [5, 5.41) is 3.11. The van der Waals surface area contributed by atoms with E-state index in [4.69, 9.17) is 11.6 Å². The molecule has 2 N–H and O–H groups in total. The molecule has 3 aromatic rings. The van der Waals surface area contributed by atoms with Crippen LogP contribution in [0.3, 0.4) is 0 Å². The predicted octanol–water partition coefficient (Wildman–Crippen LogP) is 5.88. The first-order chi connectivity index (χ1) is 14.6. The van der Waals surface area contributed by atoms with Crippen LogP contribution in [-0.4, -0.2) is 19.6 Å². The third-order valence-corrected chi connectivity index (χ3v) is 7.48. The summed E-state index contributed by atoms with van der Waals surface area (Å²) in [5.41, 5.74) is 3.04. The molecule has 162 valence electrons. The van der Waals surface area contributed by atoms with E-state index in [0.29, 0.717) is 16.4 Å². The van der Waals surface area contributed by atoms with Gasteiger partial charge < -0.3 is 5.32 Å². The van der Waals surface area contributed by atoms with Gasteiger partial charge in [-0.15, -0.1) is 11.8 Å². The minimum Gasteiger partial charge on any atom is -0.325 e. The van der Waals surface area contributed by atoms with E-state index in [9.17, 15) is 13.2 Å². The van der Waals surface area contributed by atoms with Crippen LogP contribution in [0, 0.1) is 13.8 Å². The van der Waals surface area contributed by atoms with Gasteiger partial charge in [-0.05, 0) is 74.9 Å². The number of anilines is 2. The molecule has 0 spiro atoms. The molecule has 0 fully saturated rings. The molecular formula is C23H23ClN2O3S2. The predicted molar refractivity (Wildman–Crippen MR) is 129 cm³/mol. The summed E-state index contributed by atoms with van der Waals surface area (Å²) in [6, 6.07) is 19.0. The highest BCUT2D eigenvalue weighted by atomic mass is 35.5. The Hall–Kier alpha value is -2.48. The zero-order valence-corrected chi connectivity index (χ0v) is 19.7. The summed E-state index contributed by atoms with van der Waals surface area (Å²) in [4.78, 5) is 13.5. The fourth-order valence-corrected chi connectivity index (χ4v) is 4.81. The van der Waals surface area contributed by atoms with Gasteiger partial charge in [0.15, 0.2) is 0 Å². The van der Waals surface area contributed by atoms with Crippen LogP contribution >= 0.6 is 23.4 Å². The number of nitrogens with one attached hydrogen (secondary N) is 2. The van der Waals surface area contributed by atoms with Crippen molar-refractivity contribution in [3.63, 3.8) is 0 Å². The van der Waals surface area contributed by atoms with E-state index in [-0.39, 0.29) is 16.1 Å². The first-order valence-corrected chi connectivity index (χ1v) is 12.3. The third kappa shape index (κ3) is 6.26.